The fraction of sp³-hybridized carbons (Fsp3) is 0.650. The molecule has 3 unspecified atom stereocenters. The number of carbonyl (C=O) groups excluding carboxylic acids is 1. The summed E-state index contributed by atoms with van der Waals surface area (Å²) in [7, 11) is 2.37. The van der Waals surface area contributed by atoms with Gasteiger partial charge in [-0.25, -0.2) is 0 Å². The van der Waals surface area contributed by atoms with E-state index < -0.39 is 5.92 Å². The highest BCUT2D eigenvalue weighted by Gasteiger charge is 2.53. The smallest absolute Gasteiger partial charge is 0.316 e. The number of carbonyl (C=O) groups is 1. The van der Waals surface area contributed by atoms with Gasteiger partial charge in [-0.2, -0.15) is 0 Å². The van der Waals surface area contributed by atoms with Gasteiger partial charge in [0, 0.05) is 25.7 Å². The number of nitrogens with zero attached hydrogens (tertiary/aromatic N) is 1. The third-order valence-corrected chi connectivity index (χ3v) is 6.54. The zero-order valence-electron chi connectivity index (χ0n) is 15.9. The Kier molecular flexibility index (Phi) is 8.27. The van der Waals surface area contributed by atoms with E-state index in [1.54, 1.807) is 0 Å². The number of quaternary nitrogens is 1. The van der Waals surface area contributed by atoms with E-state index in [-0.39, 0.29) is 41.1 Å². The topological polar surface area (TPSA) is 78.0 Å². The van der Waals surface area contributed by atoms with E-state index in [4.69, 9.17) is 4.74 Å². The van der Waals surface area contributed by atoms with Gasteiger partial charge in [0.15, 0.2) is 0 Å². The van der Waals surface area contributed by atoms with Crippen molar-refractivity contribution < 1.29 is 41.6 Å². The van der Waals surface area contributed by atoms with E-state index in [9.17, 15) is 9.90 Å². The molecule has 0 spiro atoms. The predicted octanol–water partition coefficient (Wildman–Crippen LogP) is -0.967. The molecule has 2 heterocycles. The van der Waals surface area contributed by atoms with Gasteiger partial charge >= 0.3 is 5.97 Å². The molecule has 0 amide bonds. The van der Waals surface area contributed by atoms with Crippen molar-refractivity contribution in [1.82, 2.24) is 0 Å². The molecule has 3 rings (SSSR count). The number of ether oxygens (including phenoxy) is 1. The molecule has 3 atom stereocenters. The fourth-order valence-corrected chi connectivity index (χ4v) is 4.82. The first-order valence-electron chi connectivity index (χ1n) is 9.18. The maximum absolute atomic E-state index is 12.6. The maximum atomic E-state index is 12.6. The molecule has 6 heteroatoms. The molecule has 5 nitrogen and oxygen atoms in total. The average Bonchev–Trinajstić information content (AvgIpc) is 2.74. The summed E-state index contributed by atoms with van der Waals surface area (Å²) in [4.78, 5) is 12.6. The van der Waals surface area contributed by atoms with Gasteiger partial charge in [0.1, 0.15) is 12.0 Å². The molecule has 2 bridgehead atoms. The number of hydrogen-bond donors (Lipinski definition) is 1. The number of halogens is 1. The Morgan fingerprint density at radius 2 is 1.73 bits per heavy atom. The van der Waals surface area contributed by atoms with Gasteiger partial charge in [-0.05, 0) is 19.4 Å². The van der Waals surface area contributed by atoms with Crippen LogP contribution in [0.25, 0.3) is 0 Å². The van der Waals surface area contributed by atoms with E-state index >= 15 is 0 Å². The minimum Gasteiger partial charge on any atom is -1.00 e. The van der Waals surface area contributed by atoms with Crippen LogP contribution in [0, 0.1) is 0 Å². The highest BCUT2D eigenvalue weighted by atomic mass is 79.9. The molecule has 148 valence electrons. The van der Waals surface area contributed by atoms with E-state index in [0.29, 0.717) is 18.1 Å². The molecule has 2 aliphatic rings. The predicted molar refractivity (Wildman–Crippen MR) is 97.1 cm³/mol. The quantitative estimate of drug-likeness (QED) is 0.483. The van der Waals surface area contributed by atoms with E-state index in [0.717, 1.165) is 22.9 Å². The third-order valence-electron chi connectivity index (χ3n) is 6.54. The lowest BCUT2D eigenvalue weighted by Gasteiger charge is -2.49. The van der Waals surface area contributed by atoms with E-state index in [2.05, 4.69) is 20.9 Å². The summed E-state index contributed by atoms with van der Waals surface area (Å²) in [6.07, 6.45) is 4.36. The van der Waals surface area contributed by atoms with Gasteiger partial charge in [0.05, 0.1) is 31.8 Å². The maximum Gasteiger partial charge on any atom is 0.316 e. The van der Waals surface area contributed by atoms with Crippen molar-refractivity contribution in [2.24, 2.45) is 0 Å². The first kappa shape index (κ1) is 23.1. The van der Waals surface area contributed by atoms with Crippen molar-refractivity contribution in [2.45, 2.75) is 69.7 Å². The molecule has 0 saturated carbocycles. The Bertz CT molecular complexity index is 566. The Hall–Kier alpha value is -0.950. The largest absolute Gasteiger partial charge is 1.00 e. The molecule has 1 aromatic rings. The van der Waals surface area contributed by atoms with Crippen LogP contribution in [0.5, 0.6) is 0 Å². The number of piperidine rings is 1. The molecule has 0 aromatic heterocycles. The second-order valence-corrected chi connectivity index (χ2v) is 7.88. The van der Waals surface area contributed by atoms with Crippen LogP contribution in [0.15, 0.2) is 30.3 Å². The number of hydrogen-bond acceptors (Lipinski definition) is 3. The van der Waals surface area contributed by atoms with Gasteiger partial charge < -0.3 is 36.8 Å². The van der Waals surface area contributed by atoms with Crippen molar-refractivity contribution in [2.75, 3.05) is 13.7 Å². The Morgan fingerprint density at radius 1 is 1.19 bits per heavy atom. The standard InChI is InChI=1S/C20H30NO3.BrH.H2O/c1-14(2)21(3)16-9-10-17(21)12-18(11-16)24-20(23)19(13-22)15-7-5-4-6-8-15;;/h4-8,14,16-19,22H,9-13H2,1-3H3;1H;1H2/q+1;;/p-1. The van der Waals surface area contributed by atoms with Crippen LogP contribution < -0.4 is 17.0 Å². The second kappa shape index (κ2) is 9.31. The van der Waals surface area contributed by atoms with Gasteiger partial charge in [-0.3, -0.25) is 4.79 Å². The van der Waals surface area contributed by atoms with Crippen LogP contribution in [0.3, 0.4) is 0 Å². The number of esters is 1. The number of aliphatic hydroxyl groups excluding tert-OH is 1. The van der Waals surface area contributed by atoms with E-state index in [1.807, 2.05) is 30.3 Å². The Morgan fingerprint density at radius 3 is 2.19 bits per heavy atom. The highest BCUT2D eigenvalue weighted by molar-refractivity contribution is 5.78. The van der Waals surface area contributed by atoms with Crippen LogP contribution in [0.1, 0.15) is 51.0 Å². The Balaban J connectivity index is 0.00000169. The zero-order valence-corrected chi connectivity index (χ0v) is 17.5. The number of fused-ring (bicyclic) bond motifs is 2. The monoisotopic (exact) mass is 429 g/mol. The Labute approximate surface area is 167 Å². The molecule has 3 N–H and O–H groups in total. The summed E-state index contributed by atoms with van der Waals surface area (Å²) in [5.74, 6) is -0.856. The number of benzene rings is 1. The number of aliphatic hydroxyl groups is 1. The summed E-state index contributed by atoms with van der Waals surface area (Å²) in [5.41, 5.74) is 0.826. The minimum atomic E-state index is -0.572. The van der Waals surface area contributed by atoms with Crippen molar-refractivity contribution in [3.63, 3.8) is 0 Å². The van der Waals surface area contributed by atoms with E-state index in [1.165, 1.54) is 12.8 Å². The summed E-state index contributed by atoms with van der Waals surface area (Å²) >= 11 is 0. The lowest BCUT2D eigenvalue weighted by molar-refractivity contribution is -0.968. The molecular formula is C20H32BrNO4. The summed E-state index contributed by atoms with van der Waals surface area (Å²) in [6.45, 7) is 4.39. The van der Waals surface area contributed by atoms with Gasteiger partial charge in [-0.1, -0.05) is 30.3 Å². The van der Waals surface area contributed by atoms with Gasteiger partial charge in [0.25, 0.3) is 0 Å². The third kappa shape index (κ3) is 4.14. The molecular weight excluding hydrogens is 398 g/mol. The van der Waals surface area contributed by atoms with Crippen molar-refractivity contribution in [1.29, 1.82) is 0 Å². The molecule has 0 radical (unpaired) electrons. The van der Waals surface area contributed by atoms with Crippen molar-refractivity contribution >= 4 is 5.97 Å². The van der Waals surface area contributed by atoms with Crippen LogP contribution >= 0.6 is 0 Å². The van der Waals surface area contributed by atoms with Crippen LogP contribution in [0.4, 0.5) is 0 Å². The van der Waals surface area contributed by atoms with Gasteiger partial charge in [-0.15, -0.1) is 0 Å². The molecule has 2 fully saturated rings. The van der Waals surface area contributed by atoms with Crippen LogP contribution in [-0.2, 0) is 9.53 Å². The van der Waals surface area contributed by atoms with Crippen molar-refractivity contribution in [3.05, 3.63) is 35.9 Å². The SMILES string of the molecule is CC(C)[N+]1(C)C2CCC1CC(OC(=O)C(CO)c1ccccc1)C2.O.[Br-]. The highest BCUT2D eigenvalue weighted by Crippen LogP contribution is 2.44. The molecule has 1 aromatic carbocycles. The van der Waals surface area contributed by atoms with Crippen LogP contribution in [0.2, 0.25) is 0 Å². The summed E-state index contributed by atoms with van der Waals surface area (Å²) in [6, 6.07) is 11.2. The molecule has 2 saturated heterocycles. The minimum absolute atomic E-state index is 0. The first-order valence-corrected chi connectivity index (χ1v) is 9.18. The summed E-state index contributed by atoms with van der Waals surface area (Å²) in [5, 5.41) is 9.65. The lowest BCUT2D eigenvalue weighted by Crippen LogP contribution is -3.00. The normalized spacial score (nSPS) is 30.9. The number of rotatable bonds is 5. The average molecular weight is 430 g/mol. The molecule has 2 aliphatic heterocycles. The second-order valence-electron chi connectivity index (χ2n) is 7.88. The van der Waals surface area contributed by atoms with Crippen LogP contribution in [-0.4, -0.2) is 58.9 Å². The fourth-order valence-electron chi connectivity index (χ4n) is 4.82. The first-order chi connectivity index (χ1) is 11.5. The van der Waals surface area contributed by atoms with Gasteiger partial charge in [0.2, 0.25) is 0 Å². The summed E-state index contributed by atoms with van der Waals surface area (Å²) < 4.78 is 6.96. The molecule has 0 aliphatic carbocycles. The lowest BCUT2D eigenvalue weighted by atomic mass is 9.94. The molecule has 26 heavy (non-hydrogen) atoms. The zero-order chi connectivity index (χ0) is 17.3. The van der Waals surface area contributed by atoms with Crippen molar-refractivity contribution in [3.8, 4) is 0 Å².